The van der Waals surface area contributed by atoms with Crippen molar-refractivity contribution < 1.29 is 42.9 Å². The molecule has 1 aliphatic rings. The van der Waals surface area contributed by atoms with E-state index < -0.39 is 54.6 Å². The van der Waals surface area contributed by atoms with Crippen LogP contribution in [0.25, 0.3) is 0 Å². The average molecular weight is 332 g/mol. The summed E-state index contributed by atoms with van der Waals surface area (Å²) in [5.41, 5.74) is 0. The summed E-state index contributed by atoms with van der Waals surface area (Å²) < 4.78 is 25.7. The summed E-state index contributed by atoms with van der Waals surface area (Å²) in [7, 11) is 0. The minimum atomic E-state index is -1.29. The maximum Gasteiger partial charge on any atom is 0.305 e. The van der Waals surface area contributed by atoms with Crippen molar-refractivity contribution in [3.63, 3.8) is 0 Å². The molecular weight excluding hydrogens is 312 g/mol. The van der Waals surface area contributed by atoms with Crippen LogP contribution in [-0.2, 0) is 42.9 Å². The van der Waals surface area contributed by atoms with Gasteiger partial charge in [-0.05, 0) is 6.92 Å². The third-order valence-corrected chi connectivity index (χ3v) is 2.92. The zero-order valence-corrected chi connectivity index (χ0v) is 13.6. The Balaban J connectivity index is 3.15. The highest BCUT2D eigenvalue weighted by molar-refractivity contribution is 5.69. The van der Waals surface area contributed by atoms with Gasteiger partial charge < -0.3 is 23.7 Å². The predicted octanol–water partition coefficient (Wildman–Crippen LogP) is 0.0894. The smallest absolute Gasteiger partial charge is 0.305 e. The van der Waals surface area contributed by atoms with Crippen molar-refractivity contribution in [2.75, 3.05) is 0 Å². The zero-order valence-electron chi connectivity index (χ0n) is 13.6. The molecule has 9 heteroatoms. The molecule has 1 aliphatic heterocycles. The second-order valence-electron chi connectivity index (χ2n) is 5.04. The number of hydrogen-bond donors (Lipinski definition) is 0. The SMILES string of the molecule is CC(=O)O[C@@H]1O[C@H](C)[C@H](OC(C)=O)[C@@H](OC(C)=O)[C@H]1OC(C)=O. The fraction of sp³-hybridized carbons (Fsp3) is 0.714. The molecule has 0 bridgehead atoms. The van der Waals surface area contributed by atoms with Crippen LogP contribution in [0.3, 0.4) is 0 Å². The van der Waals surface area contributed by atoms with Gasteiger partial charge in [-0.1, -0.05) is 0 Å². The van der Waals surface area contributed by atoms with Crippen LogP contribution in [0.5, 0.6) is 0 Å². The van der Waals surface area contributed by atoms with Crippen molar-refractivity contribution in [2.45, 2.75) is 65.3 Å². The third kappa shape index (κ3) is 5.51. The number of esters is 4. The molecule has 1 rings (SSSR count). The van der Waals surface area contributed by atoms with E-state index in [1.54, 1.807) is 6.92 Å². The molecule has 0 amide bonds. The molecule has 1 fully saturated rings. The van der Waals surface area contributed by atoms with Crippen molar-refractivity contribution in [2.24, 2.45) is 0 Å². The number of hydrogen-bond acceptors (Lipinski definition) is 9. The summed E-state index contributed by atoms with van der Waals surface area (Å²) in [6.45, 7) is 6.16. The van der Waals surface area contributed by atoms with E-state index in [1.165, 1.54) is 6.92 Å². The highest BCUT2D eigenvalue weighted by Gasteiger charge is 2.51. The highest BCUT2D eigenvalue weighted by atomic mass is 16.7. The van der Waals surface area contributed by atoms with E-state index in [-0.39, 0.29) is 0 Å². The van der Waals surface area contributed by atoms with Crippen molar-refractivity contribution in [3.8, 4) is 0 Å². The van der Waals surface area contributed by atoms with E-state index in [2.05, 4.69) is 0 Å². The van der Waals surface area contributed by atoms with Gasteiger partial charge in [0, 0.05) is 27.7 Å². The van der Waals surface area contributed by atoms with Gasteiger partial charge in [0.25, 0.3) is 0 Å². The monoisotopic (exact) mass is 332 g/mol. The molecule has 1 saturated heterocycles. The van der Waals surface area contributed by atoms with E-state index >= 15 is 0 Å². The van der Waals surface area contributed by atoms with E-state index in [4.69, 9.17) is 23.7 Å². The second kappa shape index (κ2) is 7.91. The fourth-order valence-electron chi connectivity index (χ4n) is 2.23. The van der Waals surface area contributed by atoms with E-state index in [0.717, 1.165) is 20.8 Å². The van der Waals surface area contributed by atoms with Crippen LogP contribution in [0.1, 0.15) is 34.6 Å². The van der Waals surface area contributed by atoms with Gasteiger partial charge in [0.15, 0.2) is 12.2 Å². The fourth-order valence-corrected chi connectivity index (χ4v) is 2.23. The summed E-state index contributed by atoms with van der Waals surface area (Å²) in [5, 5.41) is 0. The van der Waals surface area contributed by atoms with Crippen LogP contribution in [0.2, 0.25) is 0 Å². The highest BCUT2D eigenvalue weighted by Crippen LogP contribution is 2.29. The lowest BCUT2D eigenvalue weighted by atomic mass is 9.99. The van der Waals surface area contributed by atoms with Gasteiger partial charge in [0.2, 0.25) is 12.4 Å². The van der Waals surface area contributed by atoms with Crippen LogP contribution in [0.15, 0.2) is 0 Å². The summed E-state index contributed by atoms with van der Waals surface area (Å²) in [6, 6.07) is 0. The third-order valence-electron chi connectivity index (χ3n) is 2.92. The van der Waals surface area contributed by atoms with Crippen molar-refractivity contribution in [3.05, 3.63) is 0 Å². The second-order valence-corrected chi connectivity index (χ2v) is 5.04. The molecule has 1 heterocycles. The maximum absolute atomic E-state index is 11.4. The molecular formula is C14H20O9. The van der Waals surface area contributed by atoms with Gasteiger partial charge in [-0.25, -0.2) is 0 Å². The Labute approximate surface area is 133 Å². The first-order chi connectivity index (χ1) is 10.6. The Morgan fingerprint density at radius 2 is 1.04 bits per heavy atom. The van der Waals surface area contributed by atoms with Crippen molar-refractivity contribution >= 4 is 23.9 Å². The lowest BCUT2D eigenvalue weighted by molar-refractivity contribution is -0.292. The molecule has 9 nitrogen and oxygen atoms in total. The van der Waals surface area contributed by atoms with Gasteiger partial charge in [-0.15, -0.1) is 0 Å². The first-order valence-electron chi connectivity index (χ1n) is 6.96. The molecule has 0 aromatic rings. The Kier molecular flexibility index (Phi) is 6.49. The Bertz CT molecular complexity index is 487. The van der Waals surface area contributed by atoms with Gasteiger partial charge in [0.05, 0.1) is 6.10 Å². The number of carbonyl (C=O) groups excluding carboxylic acids is 4. The predicted molar refractivity (Wildman–Crippen MR) is 72.8 cm³/mol. The molecule has 0 aliphatic carbocycles. The quantitative estimate of drug-likeness (QED) is 0.521. The summed E-state index contributed by atoms with van der Waals surface area (Å²) in [4.78, 5) is 45.1. The lowest BCUT2D eigenvalue weighted by Crippen LogP contribution is -2.61. The number of ether oxygens (including phenoxy) is 5. The standard InChI is InChI=1S/C14H20O9/c1-6-11(20-7(2)15)12(21-8(3)16)13(22-9(4)17)14(19-6)23-10(5)18/h6,11-14H,1-5H3/t6-,11+,12-,13-,14+/m1/s1. The largest absolute Gasteiger partial charge is 0.456 e. The average Bonchev–Trinajstić information content (AvgIpc) is 2.36. The lowest BCUT2D eigenvalue weighted by Gasteiger charge is -2.42. The van der Waals surface area contributed by atoms with Crippen LogP contribution in [-0.4, -0.2) is 54.6 Å². The molecule has 0 aromatic heterocycles. The first kappa shape index (κ1) is 18.9. The van der Waals surface area contributed by atoms with Gasteiger partial charge >= 0.3 is 23.9 Å². The minimum absolute atomic E-state index is 0.630. The van der Waals surface area contributed by atoms with Crippen LogP contribution < -0.4 is 0 Å². The summed E-state index contributed by atoms with van der Waals surface area (Å²) >= 11 is 0. The number of rotatable bonds is 4. The zero-order chi connectivity index (χ0) is 17.7. The van der Waals surface area contributed by atoms with Gasteiger partial charge in [0.1, 0.15) is 0 Å². The van der Waals surface area contributed by atoms with Crippen LogP contribution >= 0.6 is 0 Å². The molecule has 0 unspecified atom stereocenters. The Morgan fingerprint density at radius 1 is 0.652 bits per heavy atom. The number of carbonyl (C=O) groups is 4. The van der Waals surface area contributed by atoms with Gasteiger partial charge in [-0.2, -0.15) is 0 Å². The molecule has 0 aromatic carbocycles. The Hall–Kier alpha value is -2.16. The molecule has 5 atom stereocenters. The molecule has 0 N–H and O–H groups in total. The van der Waals surface area contributed by atoms with E-state index in [9.17, 15) is 19.2 Å². The molecule has 0 spiro atoms. The molecule has 130 valence electrons. The Morgan fingerprint density at radius 3 is 1.48 bits per heavy atom. The normalized spacial score (nSPS) is 30.0. The molecule has 23 heavy (non-hydrogen) atoms. The summed E-state index contributed by atoms with van der Waals surface area (Å²) in [6.07, 6.45) is -5.51. The van der Waals surface area contributed by atoms with Crippen molar-refractivity contribution in [1.29, 1.82) is 0 Å². The minimum Gasteiger partial charge on any atom is -0.456 e. The topological polar surface area (TPSA) is 114 Å². The van der Waals surface area contributed by atoms with Gasteiger partial charge in [-0.3, -0.25) is 19.2 Å². The van der Waals surface area contributed by atoms with E-state index in [1.807, 2.05) is 0 Å². The van der Waals surface area contributed by atoms with Crippen molar-refractivity contribution in [1.82, 2.24) is 0 Å². The van der Waals surface area contributed by atoms with Crippen LogP contribution in [0, 0.1) is 0 Å². The van der Waals surface area contributed by atoms with Crippen LogP contribution in [0.4, 0.5) is 0 Å². The van der Waals surface area contributed by atoms with E-state index in [0.29, 0.717) is 0 Å². The maximum atomic E-state index is 11.4. The summed E-state index contributed by atoms with van der Waals surface area (Å²) in [5.74, 6) is -2.69. The molecule has 0 radical (unpaired) electrons. The molecule has 0 saturated carbocycles. The first-order valence-corrected chi connectivity index (χ1v) is 6.96.